The first-order valence-electron chi connectivity index (χ1n) is 7.46. The normalized spacial score (nSPS) is 13.1. The first-order chi connectivity index (χ1) is 11.4. The van der Waals surface area contributed by atoms with Crippen molar-refractivity contribution in [1.29, 1.82) is 0 Å². The molecule has 6 nitrogen and oxygen atoms in total. The summed E-state index contributed by atoms with van der Waals surface area (Å²) in [6.45, 7) is 5.56. The summed E-state index contributed by atoms with van der Waals surface area (Å²) in [6, 6.07) is 8.00. The standard InChI is InChI=1S/C17H18N4O2S/c1-3-4-14(18)16-11-19-17-15(20-16)9-10-21(17)24(22,23)13-7-5-12(2)6-8-13/h3,5-11,14H,1,4,18H2,2H3. The van der Waals surface area contributed by atoms with Crippen molar-refractivity contribution >= 4 is 21.2 Å². The topological polar surface area (TPSA) is 90.9 Å². The highest BCUT2D eigenvalue weighted by Crippen LogP contribution is 2.21. The molecule has 3 aromatic rings. The minimum absolute atomic E-state index is 0.208. The van der Waals surface area contributed by atoms with Crippen LogP contribution in [0.5, 0.6) is 0 Å². The number of aryl methyl sites for hydroxylation is 1. The van der Waals surface area contributed by atoms with Crippen molar-refractivity contribution in [2.24, 2.45) is 5.73 Å². The molecule has 2 aromatic heterocycles. The van der Waals surface area contributed by atoms with Crippen LogP contribution >= 0.6 is 0 Å². The van der Waals surface area contributed by atoms with Gasteiger partial charge >= 0.3 is 0 Å². The molecule has 0 amide bonds. The Bertz CT molecular complexity index is 991. The second kappa shape index (κ2) is 6.18. The van der Waals surface area contributed by atoms with Crippen LogP contribution in [0.15, 0.2) is 60.3 Å². The molecule has 0 radical (unpaired) electrons. The van der Waals surface area contributed by atoms with Crippen molar-refractivity contribution in [2.75, 3.05) is 0 Å². The van der Waals surface area contributed by atoms with E-state index in [2.05, 4.69) is 16.5 Å². The maximum Gasteiger partial charge on any atom is 0.269 e. The number of benzene rings is 1. The van der Waals surface area contributed by atoms with Crippen molar-refractivity contribution in [3.63, 3.8) is 0 Å². The zero-order valence-corrected chi connectivity index (χ0v) is 14.1. The molecular formula is C17H18N4O2S. The van der Waals surface area contributed by atoms with Gasteiger partial charge in [0.1, 0.15) is 5.52 Å². The fraction of sp³-hybridized carbons (Fsp3) is 0.176. The highest BCUT2D eigenvalue weighted by atomic mass is 32.2. The molecule has 0 aliphatic carbocycles. The molecule has 1 aromatic carbocycles. The lowest BCUT2D eigenvalue weighted by Gasteiger charge is -2.09. The van der Waals surface area contributed by atoms with Crippen LogP contribution < -0.4 is 5.73 Å². The number of hydrogen-bond acceptors (Lipinski definition) is 5. The van der Waals surface area contributed by atoms with E-state index in [1.807, 2.05) is 6.92 Å². The predicted molar refractivity (Wildman–Crippen MR) is 93.0 cm³/mol. The van der Waals surface area contributed by atoms with E-state index in [9.17, 15) is 8.42 Å². The van der Waals surface area contributed by atoms with E-state index in [0.29, 0.717) is 17.6 Å². The van der Waals surface area contributed by atoms with Gasteiger partial charge in [0.2, 0.25) is 0 Å². The molecule has 1 atom stereocenters. The fourth-order valence-electron chi connectivity index (χ4n) is 2.40. The zero-order valence-electron chi connectivity index (χ0n) is 13.3. The molecule has 0 aliphatic heterocycles. The first-order valence-corrected chi connectivity index (χ1v) is 8.90. The maximum atomic E-state index is 12.8. The molecule has 2 N–H and O–H groups in total. The van der Waals surface area contributed by atoms with Gasteiger partial charge in [0.05, 0.1) is 22.8 Å². The Morgan fingerprint density at radius 3 is 2.67 bits per heavy atom. The molecule has 0 saturated heterocycles. The van der Waals surface area contributed by atoms with Crippen molar-refractivity contribution in [3.8, 4) is 0 Å². The average molecular weight is 342 g/mol. The number of aromatic nitrogens is 3. The molecule has 0 saturated carbocycles. The zero-order chi connectivity index (χ0) is 17.3. The Kier molecular flexibility index (Phi) is 4.21. The Balaban J connectivity index is 2.07. The van der Waals surface area contributed by atoms with E-state index in [-0.39, 0.29) is 16.6 Å². The van der Waals surface area contributed by atoms with Gasteiger partial charge in [-0.15, -0.1) is 6.58 Å². The van der Waals surface area contributed by atoms with Gasteiger partial charge in [-0.1, -0.05) is 23.8 Å². The van der Waals surface area contributed by atoms with Gasteiger partial charge in [0.25, 0.3) is 10.0 Å². The number of rotatable bonds is 5. The quantitative estimate of drug-likeness (QED) is 0.720. The third-order valence-corrected chi connectivity index (χ3v) is 5.43. The van der Waals surface area contributed by atoms with Gasteiger partial charge in [0.15, 0.2) is 5.65 Å². The van der Waals surface area contributed by atoms with E-state index < -0.39 is 10.0 Å². The van der Waals surface area contributed by atoms with Gasteiger partial charge < -0.3 is 5.73 Å². The Labute approximate surface area is 140 Å². The summed E-state index contributed by atoms with van der Waals surface area (Å²) in [5, 5.41) is 0. The van der Waals surface area contributed by atoms with Gasteiger partial charge in [-0.25, -0.2) is 22.4 Å². The molecule has 0 fully saturated rings. The van der Waals surface area contributed by atoms with Crippen molar-refractivity contribution < 1.29 is 8.42 Å². The maximum absolute atomic E-state index is 12.8. The third-order valence-electron chi connectivity index (χ3n) is 3.75. The summed E-state index contributed by atoms with van der Waals surface area (Å²) < 4.78 is 26.7. The summed E-state index contributed by atoms with van der Waals surface area (Å²) >= 11 is 0. The Hall–Kier alpha value is -2.51. The van der Waals surface area contributed by atoms with Gasteiger partial charge in [0, 0.05) is 6.20 Å². The van der Waals surface area contributed by atoms with Crippen LogP contribution in [0.3, 0.4) is 0 Å². The van der Waals surface area contributed by atoms with Crippen LogP contribution in [0.1, 0.15) is 23.7 Å². The summed E-state index contributed by atoms with van der Waals surface area (Å²) in [4.78, 5) is 8.88. The lowest BCUT2D eigenvalue weighted by atomic mass is 10.1. The van der Waals surface area contributed by atoms with E-state index in [0.717, 1.165) is 9.54 Å². The molecule has 1 unspecified atom stereocenters. The molecule has 2 heterocycles. The molecule has 7 heteroatoms. The van der Waals surface area contributed by atoms with Crippen molar-refractivity contribution in [3.05, 3.63) is 66.6 Å². The Morgan fingerprint density at radius 2 is 2.00 bits per heavy atom. The molecule has 124 valence electrons. The van der Waals surface area contributed by atoms with Gasteiger partial charge in [-0.3, -0.25) is 0 Å². The number of hydrogen-bond donors (Lipinski definition) is 1. The van der Waals surface area contributed by atoms with E-state index in [4.69, 9.17) is 5.73 Å². The number of fused-ring (bicyclic) bond motifs is 1. The highest BCUT2D eigenvalue weighted by molar-refractivity contribution is 7.90. The van der Waals surface area contributed by atoms with Crippen LogP contribution in [-0.2, 0) is 10.0 Å². The number of nitrogens with two attached hydrogens (primary N) is 1. The van der Waals surface area contributed by atoms with Gasteiger partial charge in [-0.05, 0) is 31.5 Å². The second-order valence-electron chi connectivity index (χ2n) is 5.56. The largest absolute Gasteiger partial charge is 0.322 e. The van der Waals surface area contributed by atoms with Crippen molar-refractivity contribution in [1.82, 2.24) is 13.9 Å². The average Bonchev–Trinajstić information content (AvgIpc) is 2.99. The molecule has 3 rings (SSSR count). The van der Waals surface area contributed by atoms with Crippen LogP contribution in [0.2, 0.25) is 0 Å². The monoisotopic (exact) mass is 342 g/mol. The molecular weight excluding hydrogens is 324 g/mol. The van der Waals surface area contributed by atoms with Crippen LogP contribution in [0, 0.1) is 6.92 Å². The Morgan fingerprint density at radius 1 is 1.29 bits per heavy atom. The van der Waals surface area contributed by atoms with E-state index >= 15 is 0 Å². The highest BCUT2D eigenvalue weighted by Gasteiger charge is 2.20. The minimum Gasteiger partial charge on any atom is -0.322 e. The summed E-state index contributed by atoms with van der Waals surface area (Å²) in [6.07, 6.45) is 5.26. The second-order valence-corrected chi connectivity index (χ2v) is 7.38. The number of nitrogens with zero attached hydrogens (tertiary/aromatic N) is 3. The summed E-state index contributed by atoms with van der Waals surface area (Å²) in [7, 11) is -3.72. The summed E-state index contributed by atoms with van der Waals surface area (Å²) in [5.41, 5.74) is 8.36. The minimum atomic E-state index is -3.72. The van der Waals surface area contributed by atoms with E-state index in [1.165, 1.54) is 12.4 Å². The third kappa shape index (κ3) is 2.83. The SMILES string of the molecule is C=CCC(N)c1cnc2c(ccn2S(=O)(=O)c2ccc(C)cc2)n1. The predicted octanol–water partition coefficient (Wildman–Crippen LogP) is 2.55. The molecule has 0 bridgehead atoms. The molecule has 0 aliphatic rings. The lowest BCUT2D eigenvalue weighted by Crippen LogP contribution is -2.14. The molecule has 24 heavy (non-hydrogen) atoms. The smallest absolute Gasteiger partial charge is 0.269 e. The molecule has 0 spiro atoms. The summed E-state index contributed by atoms with van der Waals surface area (Å²) in [5.74, 6) is 0. The van der Waals surface area contributed by atoms with Crippen LogP contribution in [0.25, 0.3) is 11.2 Å². The fourth-order valence-corrected chi connectivity index (χ4v) is 3.70. The van der Waals surface area contributed by atoms with Crippen LogP contribution in [-0.4, -0.2) is 22.4 Å². The lowest BCUT2D eigenvalue weighted by molar-refractivity contribution is 0.588. The van der Waals surface area contributed by atoms with Crippen LogP contribution in [0.4, 0.5) is 0 Å². The first kappa shape index (κ1) is 16.4. The van der Waals surface area contributed by atoms with E-state index in [1.54, 1.807) is 36.4 Å². The van der Waals surface area contributed by atoms with Crippen molar-refractivity contribution in [2.45, 2.75) is 24.3 Å². The van der Waals surface area contributed by atoms with Gasteiger partial charge in [-0.2, -0.15) is 0 Å².